The second-order valence-corrected chi connectivity index (χ2v) is 5.61. The van der Waals surface area contributed by atoms with Gasteiger partial charge in [0.1, 0.15) is 0 Å². The van der Waals surface area contributed by atoms with E-state index in [1.165, 1.54) is 0 Å². The highest BCUT2D eigenvalue weighted by Gasteiger charge is 2.15. The summed E-state index contributed by atoms with van der Waals surface area (Å²) < 4.78 is 15.6. The lowest BCUT2D eigenvalue weighted by Crippen LogP contribution is -2.28. The minimum absolute atomic E-state index is 0.103. The minimum Gasteiger partial charge on any atom is -0.462 e. The number of hydrogen-bond donors (Lipinski definition) is 2. The maximum atomic E-state index is 12.2. The van der Waals surface area contributed by atoms with E-state index in [2.05, 4.69) is 10.6 Å². The molecule has 0 aromatic heterocycles. The first-order chi connectivity index (χ1) is 12.7. The molecule has 0 unspecified atom stereocenters. The van der Waals surface area contributed by atoms with Gasteiger partial charge < -0.3 is 24.8 Å². The molecule has 0 fully saturated rings. The molecule has 26 heavy (non-hydrogen) atoms. The molecule has 2 aromatic carbocycles. The molecular formula is C19H20N2O5. The lowest BCUT2D eigenvalue weighted by atomic mass is 10.2. The van der Waals surface area contributed by atoms with Crippen molar-refractivity contribution in [1.82, 2.24) is 5.32 Å². The highest BCUT2D eigenvalue weighted by Crippen LogP contribution is 2.32. The van der Waals surface area contributed by atoms with E-state index in [0.717, 1.165) is 11.3 Å². The summed E-state index contributed by atoms with van der Waals surface area (Å²) in [7, 11) is 0. The van der Waals surface area contributed by atoms with E-state index in [9.17, 15) is 9.59 Å². The van der Waals surface area contributed by atoms with Crippen LogP contribution in [-0.4, -0.2) is 31.8 Å². The number of esters is 1. The summed E-state index contributed by atoms with van der Waals surface area (Å²) in [5.74, 6) is 0.721. The highest BCUT2D eigenvalue weighted by molar-refractivity contribution is 6.01. The van der Waals surface area contributed by atoms with E-state index in [4.69, 9.17) is 14.2 Å². The van der Waals surface area contributed by atoms with Crippen LogP contribution in [0.4, 0.5) is 5.69 Å². The molecular weight excluding hydrogens is 336 g/mol. The van der Waals surface area contributed by atoms with Gasteiger partial charge in [0.05, 0.1) is 24.4 Å². The van der Waals surface area contributed by atoms with Crippen molar-refractivity contribution in [3.63, 3.8) is 0 Å². The highest BCUT2D eigenvalue weighted by atomic mass is 16.7. The Morgan fingerprint density at radius 1 is 1.12 bits per heavy atom. The summed E-state index contributed by atoms with van der Waals surface area (Å²) in [5, 5.41) is 5.79. The van der Waals surface area contributed by atoms with Crippen LogP contribution in [0.1, 0.15) is 22.8 Å². The fraction of sp³-hybridized carbons (Fsp3) is 0.263. The average Bonchev–Trinajstić information content (AvgIpc) is 3.10. The van der Waals surface area contributed by atoms with Gasteiger partial charge in [-0.2, -0.15) is 0 Å². The van der Waals surface area contributed by atoms with E-state index >= 15 is 0 Å². The van der Waals surface area contributed by atoms with Crippen LogP contribution >= 0.6 is 0 Å². The Morgan fingerprint density at radius 3 is 2.77 bits per heavy atom. The third-order valence-corrected chi connectivity index (χ3v) is 3.75. The fourth-order valence-corrected chi connectivity index (χ4v) is 2.54. The average molecular weight is 356 g/mol. The molecule has 0 saturated heterocycles. The summed E-state index contributed by atoms with van der Waals surface area (Å²) in [5.41, 5.74) is 1.74. The third-order valence-electron chi connectivity index (χ3n) is 3.75. The number of para-hydroxylation sites is 1. The summed E-state index contributed by atoms with van der Waals surface area (Å²) in [6.45, 7) is 2.85. The number of anilines is 1. The molecule has 7 nitrogen and oxygen atoms in total. The molecule has 0 atom stereocenters. The molecule has 0 bridgehead atoms. The largest absolute Gasteiger partial charge is 0.462 e. The molecule has 1 aliphatic rings. The Kier molecular flexibility index (Phi) is 5.70. The van der Waals surface area contributed by atoms with Gasteiger partial charge in [-0.05, 0) is 36.8 Å². The van der Waals surface area contributed by atoms with Crippen LogP contribution in [0, 0.1) is 0 Å². The number of nitrogens with one attached hydrogen (secondary N) is 2. The maximum absolute atomic E-state index is 12.2. The molecule has 0 spiro atoms. The van der Waals surface area contributed by atoms with Crippen molar-refractivity contribution >= 4 is 17.6 Å². The van der Waals surface area contributed by atoms with Crippen LogP contribution in [0.25, 0.3) is 0 Å². The first kappa shape index (κ1) is 17.8. The molecule has 7 heteroatoms. The Morgan fingerprint density at radius 2 is 1.92 bits per heavy atom. The van der Waals surface area contributed by atoms with Crippen molar-refractivity contribution in [2.75, 3.05) is 25.3 Å². The minimum atomic E-state index is -0.461. The van der Waals surface area contributed by atoms with Crippen molar-refractivity contribution in [2.45, 2.75) is 13.5 Å². The molecule has 0 aliphatic carbocycles. The molecule has 2 N–H and O–H groups in total. The Balaban J connectivity index is 1.52. The van der Waals surface area contributed by atoms with Crippen LogP contribution in [0.3, 0.4) is 0 Å². The zero-order chi connectivity index (χ0) is 18.4. The molecule has 1 aliphatic heterocycles. The fourth-order valence-electron chi connectivity index (χ4n) is 2.54. The van der Waals surface area contributed by atoms with Gasteiger partial charge >= 0.3 is 5.97 Å². The number of carbonyl (C=O) groups excluding carboxylic acids is 2. The predicted octanol–water partition coefficient (Wildman–Crippen LogP) is 2.32. The van der Waals surface area contributed by atoms with E-state index in [-0.39, 0.29) is 25.9 Å². The Bertz CT molecular complexity index is 806. The van der Waals surface area contributed by atoms with E-state index in [0.29, 0.717) is 23.5 Å². The lowest BCUT2D eigenvalue weighted by molar-refractivity contribution is -0.115. The van der Waals surface area contributed by atoms with Gasteiger partial charge in [-0.25, -0.2) is 4.79 Å². The van der Waals surface area contributed by atoms with Crippen molar-refractivity contribution in [3.05, 3.63) is 53.6 Å². The van der Waals surface area contributed by atoms with Gasteiger partial charge in [0, 0.05) is 6.54 Å². The van der Waals surface area contributed by atoms with Crippen LogP contribution in [-0.2, 0) is 16.1 Å². The van der Waals surface area contributed by atoms with Gasteiger partial charge in [0.2, 0.25) is 12.7 Å². The van der Waals surface area contributed by atoms with E-state index < -0.39 is 5.97 Å². The van der Waals surface area contributed by atoms with E-state index in [1.807, 2.05) is 18.2 Å². The van der Waals surface area contributed by atoms with Gasteiger partial charge in [-0.15, -0.1) is 0 Å². The quantitative estimate of drug-likeness (QED) is 0.741. The second kappa shape index (κ2) is 8.35. The zero-order valence-corrected chi connectivity index (χ0v) is 14.4. The third kappa shape index (κ3) is 4.31. The van der Waals surface area contributed by atoms with Crippen LogP contribution in [0.15, 0.2) is 42.5 Å². The lowest BCUT2D eigenvalue weighted by Gasteiger charge is -2.11. The maximum Gasteiger partial charge on any atom is 0.340 e. The second-order valence-electron chi connectivity index (χ2n) is 5.61. The van der Waals surface area contributed by atoms with Gasteiger partial charge in [-0.1, -0.05) is 18.2 Å². The molecule has 3 rings (SSSR count). The predicted molar refractivity (Wildman–Crippen MR) is 95.3 cm³/mol. The van der Waals surface area contributed by atoms with Crippen molar-refractivity contribution in [3.8, 4) is 11.5 Å². The number of carbonyl (C=O) groups is 2. The number of amides is 1. The van der Waals surface area contributed by atoms with Gasteiger partial charge in [-0.3, -0.25) is 4.79 Å². The number of ether oxygens (including phenoxy) is 3. The topological polar surface area (TPSA) is 85.9 Å². The molecule has 2 aromatic rings. The van der Waals surface area contributed by atoms with Crippen LogP contribution < -0.4 is 20.1 Å². The summed E-state index contributed by atoms with van der Waals surface area (Å²) in [4.78, 5) is 24.1. The number of hydrogen-bond acceptors (Lipinski definition) is 6. The Hall–Kier alpha value is -3.06. The normalized spacial score (nSPS) is 11.9. The molecule has 0 radical (unpaired) electrons. The van der Waals surface area contributed by atoms with Crippen molar-refractivity contribution in [1.29, 1.82) is 0 Å². The van der Waals surface area contributed by atoms with Gasteiger partial charge in [0.25, 0.3) is 0 Å². The molecule has 1 heterocycles. The van der Waals surface area contributed by atoms with Crippen molar-refractivity contribution < 1.29 is 23.8 Å². The SMILES string of the molecule is CCOC(=O)c1ccccc1NC(=O)CNCc1ccc2c(c1)OCO2. The summed E-state index contributed by atoms with van der Waals surface area (Å²) in [6.07, 6.45) is 0. The van der Waals surface area contributed by atoms with E-state index in [1.54, 1.807) is 31.2 Å². The monoisotopic (exact) mass is 356 g/mol. The first-order valence-electron chi connectivity index (χ1n) is 8.32. The Labute approximate surface area is 151 Å². The van der Waals surface area contributed by atoms with Crippen molar-refractivity contribution in [2.24, 2.45) is 0 Å². The zero-order valence-electron chi connectivity index (χ0n) is 14.4. The van der Waals surface area contributed by atoms with Crippen LogP contribution in [0.5, 0.6) is 11.5 Å². The number of benzene rings is 2. The summed E-state index contributed by atoms with van der Waals surface area (Å²) in [6, 6.07) is 12.4. The number of rotatable bonds is 7. The standard InChI is InChI=1S/C19H20N2O5/c1-2-24-19(23)14-5-3-4-6-15(14)21-18(22)11-20-10-13-7-8-16-17(9-13)26-12-25-16/h3-9,20H,2,10-12H2,1H3,(H,21,22). The van der Waals surface area contributed by atoms with Crippen LogP contribution in [0.2, 0.25) is 0 Å². The smallest absolute Gasteiger partial charge is 0.340 e. The number of fused-ring (bicyclic) bond motifs is 1. The molecule has 1 amide bonds. The first-order valence-corrected chi connectivity index (χ1v) is 8.32. The molecule has 136 valence electrons. The van der Waals surface area contributed by atoms with Gasteiger partial charge in [0.15, 0.2) is 11.5 Å². The summed E-state index contributed by atoms with van der Waals surface area (Å²) >= 11 is 0. The molecule has 0 saturated carbocycles.